The number of benzene rings is 3. The Bertz CT molecular complexity index is 1400. The molecule has 8 heteroatoms. The summed E-state index contributed by atoms with van der Waals surface area (Å²) in [6.45, 7) is 6.67. The molecule has 1 N–H and O–H groups in total. The largest absolute Gasteiger partial charge is 0.298 e. The van der Waals surface area contributed by atoms with Crippen molar-refractivity contribution >= 4 is 42.6 Å². The van der Waals surface area contributed by atoms with Gasteiger partial charge in [0.15, 0.2) is 5.13 Å². The molecular weight excluding hydrogens is 466 g/mol. The predicted octanol–water partition coefficient (Wildman–Crippen LogP) is 5.88. The van der Waals surface area contributed by atoms with Gasteiger partial charge in [-0.2, -0.15) is 4.31 Å². The van der Waals surface area contributed by atoms with E-state index in [-0.39, 0.29) is 17.3 Å². The third kappa shape index (κ3) is 5.04. The molecule has 0 aliphatic heterocycles. The first kappa shape index (κ1) is 24.1. The van der Waals surface area contributed by atoms with Gasteiger partial charge in [0, 0.05) is 18.7 Å². The number of nitrogens with zero attached hydrogens (tertiary/aromatic N) is 2. The first-order chi connectivity index (χ1) is 16.3. The van der Waals surface area contributed by atoms with Gasteiger partial charge >= 0.3 is 0 Å². The molecule has 1 heterocycles. The molecule has 176 valence electrons. The number of anilines is 1. The normalized spacial score (nSPS) is 11.9. The smallest absolute Gasteiger partial charge is 0.257 e. The number of para-hydroxylation sites is 1. The van der Waals surface area contributed by atoms with Crippen LogP contribution >= 0.6 is 11.3 Å². The van der Waals surface area contributed by atoms with Crippen molar-refractivity contribution in [1.29, 1.82) is 0 Å². The minimum Gasteiger partial charge on any atom is -0.298 e. The Morgan fingerprint density at radius 1 is 1.00 bits per heavy atom. The van der Waals surface area contributed by atoms with Gasteiger partial charge in [0.2, 0.25) is 10.0 Å². The quantitative estimate of drug-likeness (QED) is 0.332. The molecule has 1 aromatic heterocycles. The molecule has 0 fully saturated rings. The van der Waals surface area contributed by atoms with E-state index < -0.39 is 10.0 Å². The van der Waals surface area contributed by atoms with Crippen LogP contribution in [0, 0.1) is 0 Å². The average Bonchev–Trinajstić information content (AvgIpc) is 3.25. The number of hydrogen-bond acceptors (Lipinski definition) is 5. The second-order valence-electron chi connectivity index (χ2n) is 8.26. The van der Waals surface area contributed by atoms with Crippen LogP contribution in [0.25, 0.3) is 10.2 Å². The summed E-state index contributed by atoms with van der Waals surface area (Å²) in [5.41, 5.74) is 3.32. The van der Waals surface area contributed by atoms with Crippen LogP contribution in [0.4, 0.5) is 5.13 Å². The molecule has 4 aromatic rings. The number of carbonyl (C=O) groups excluding carboxylic acids is 1. The molecule has 0 atom stereocenters. The zero-order chi connectivity index (χ0) is 24.3. The number of amides is 1. The molecule has 0 unspecified atom stereocenters. The van der Waals surface area contributed by atoms with Crippen LogP contribution < -0.4 is 5.32 Å². The lowest BCUT2D eigenvalue weighted by Gasteiger charge is -2.20. The lowest BCUT2D eigenvalue weighted by molar-refractivity contribution is 0.102. The van der Waals surface area contributed by atoms with E-state index in [0.717, 1.165) is 21.3 Å². The average molecular weight is 494 g/mol. The Balaban J connectivity index is 1.51. The van der Waals surface area contributed by atoms with Gasteiger partial charge in [0.25, 0.3) is 5.91 Å². The molecule has 34 heavy (non-hydrogen) atoms. The molecule has 4 rings (SSSR count). The Morgan fingerprint density at radius 2 is 1.71 bits per heavy atom. The lowest BCUT2D eigenvalue weighted by Crippen LogP contribution is -2.30. The van der Waals surface area contributed by atoms with Crippen molar-refractivity contribution in [3.8, 4) is 0 Å². The minimum atomic E-state index is -3.69. The summed E-state index contributed by atoms with van der Waals surface area (Å²) in [4.78, 5) is 17.6. The molecule has 0 radical (unpaired) electrons. The maximum absolute atomic E-state index is 13.1. The molecule has 0 saturated carbocycles. The zero-order valence-corrected chi connectivity index (χ0v) is 21.0. The molecule has 0 spiro atoms. The van der Waals surface area contributed by atoms with Gasteiger partial charge in [0.1, 0.15) is 0 Å². The zero-order valence-electron chi connectivity index (χ0n) is 19.4. The standard InChI is InChI=1S/C26H27N3O3S2/c1-4-29(17-19-9-6-5-7-10-19)34(31,32)21-15-13-20(14-16-21)25(30)28-26-27-24-22(18(2)3)11-8-12-23(24)33-26/h5-16,18H,4,17H2,1-3H3,(H,27,28,30). The second kappa shape index (κ2) is 10.0. The monoisotopic (exact) mass is 493 g/mol. The van der Waals surface area contributed by atoms with Crippen molar-refractivity contribution in [3.63, 3.8) is 0 Å². The van der Waals surface area contributed by atoms with Gasteiger partial charge in [0.05, 0.1) is 15.1 Å². The summed E-state index contributed by atoms with van der Waals surface area (Å²) in [5, 5.41) is 3.37. The fraction of sp³-hybridized carbons (Fsp3) is 0.231. The Labute approximate surface area is 204 Å². The van der Waals surface area contributed by atoms with Crippen LogP contribution in [0.2, 0.25) is 0 Å². The van der Waals surface area contributed by atoms with Crippen LogP contribution in [-0.2, 0) is 16.6 Å². The molecule has 0 aliphatic rings. The van der Waals surface area contributed by atoms with Crippen LogP contribution in [0.15, 0.2) is 77.7 Å². The highest BCUT2D eigenvalue weighted by molar-refractivity contribution is 7.89. The van der Waals surface area contributed by atoms with E-state index in [1.165, 1.54) is 39.9 Å². The van der Waals surface area contributed by atoms with Crippen molar-refractivity contribution in [1.82, 2.24) is 9.29 Å². The Morgan fingerprint density at radius 3 is 2.35 bits per heavy atom. The van der Waals surface area contributed by atoms with Gasteiger partial charge in [-0.3, -0.25) is 10.1 Å². The molecule has 3 aromatic carbocycles. The summed E-state index contributed by atoms with van der Waals surface area (Å²) < 4.78 is 28.7. The molecular formula is C26H27N3O3S2. The molecule has 0 aliphatic carbocycles. The summed E-state index contributed by atoms with van der Waals surface area (Å²) >= 11 is 1.42. The topological polar surface area (TPSA) is 79.4 Å². The van der Waals surface area contributed by atoms with Crippen molar-refractivity contribution in [3.05, 3.63) is 89.5 Å². The number of aromatic nitrogens is 1. The highest BCUT2D eigenvalue weighted by Gasteiger charge is 2.23. The first-order valence-corrected chi connectivity index (χ1v) is 13.4. The van der Waals surface area contributed by atoms with Crippen molar-refractivity contribution < 1.29 is 13.2 Å². The van der Waals surface area contributed by atoms with Gasteiger partial charge < -0.3 is 0 Å². The van der Waals surface area contributed by atoms with Gasteiger partial charge in [-0.1, -0.05) is 74.6 Å². The number of thiazole rings is 1. The highest BCUT2D eigenvalue weighted by Crippen LogP contribution is 2.32. The summed E-state index contributed by atoms with van der Waals surface area (Å²) in [5.74, 6) is -0.000781. The van der Waals surface area contributed by atoms with E-state index in [9.17, 15) is 13.2 Å². The predicted molar refractivity (Wildman–Crippen MR) is 138 cm³/mol. The van der Waals surface area contributed by atoms with Crippen LogP contribution in [0.3, 0.4) is 0 Å². The van der Waals surface area contributed by atoms with Gasteiger partial charge in [-0.05, 0) is 47.4 Å². The van der Waals surface area contributed by atoms with Gasteiger partial charge in [-0.25, -0.2) is 13.4 Å². The van der Waals surface area contributed by atoms with Gasteiger partial charge in [-0.15, -0.1) is 0 Å². The van der Waals surface area contributed by atoms with Crippen molar-refractivity contribution in [2.45, 2.75) is 38.1 Å². The molecule has 1 amide bonds. The minimum absolute atomic E-state index is 0.156. The highest BCUT2D eigenvalue weighted by atomic mass is 32.2. The summed E-state index contributed by atoms with van der Waals surface area (Å²) in [6, 6.07) is 21.5. The molecule has 6 nitrogen and oxygen atoms in total. The SMILES string of the molecule is CCN(Cc1ccccc1)S(=O)(=O)c1ccc(C(=O)Nc2nc3c(C(C)C)cccc3s2)cc1. The maximum atomic E-state index is 13.1. The Hall–Kier alpha value is -3.07. The van der Waals surface area contributed by atoms with E-state index in [1.807, 2.05) is 49.4 Å². The maximum Gasteiger partial charge on any atom is 0.257 e. The third-order valence-corrected chi connectivity index (χ3v) is 8.47. The number of carbonyl (C=O) groups is 1. The van der Waals surface area contributed by atoms with Crippen LogP contribution in [-0.4, -0.2) is 30.2 Å². The van der Waals surface area contributed by atoms with E-state index in [4.69, 9.17) is 0 Å². The van der Waals surface area contributed by atoms with E-state index in [0.29, 0.717) is 23.2 Å². The summed E-state index contributed by atoms with van der Waals surface area (Å²) in [7, 11) is -3.69. The number of sulfonamides is 1. The van der Waals surface area contributed by atoms with E-state index in [1.54, 1.807) is 0 Å². The van der Waals surface area contributed by atoms with Crippen LogP contribution in [0.5, 0.6) is 0 Å². The molecule has 0 saturated heterocycles. The van der Waals surface area contributed by atoms with E-state index in [2.05, 4.69) is 30.2 Å². The second-order valence-corrected chi connectivity index (χ2v) is 11.2. The summed E-state index contributed by atoms with van der Waals surface area (Å²) in [6.07, 6.45) is 0. The fourth-order valence-corrected chi connectivity index (χ4v) is 6.07. The Kier molecular flexibility index (Phi) is 7.11. The number of nitrogens with one attached hydrogen (secondary N) is 1. The number of fused-ring (bicyclic) bond motifs is 1. The van der Waals surface area contributed by atoms with E-state index >= 15 is 0 Å². The number of hydrogen-bond donors (Lipinski definition) is 1. The lowest BCUT2D eigenvalue weighted by atomic mass is 10.0. The molecule has 0 bridgehead atoms. The fourth-order valence-electron chi connectivity index (χ4n) is 3.74. The van der Waals surface area contributed by atoms with Crippen molar-refractivity contribution in [2.24, 2.45) is 0 Å². The third-order valence-electron chi connectivity index (χ3n) is 5.60. The number of rotatable bonds is 8. The van der Waals surface area contributed by atoms with Crippen LogP contribution in [0.1, 0.15) is 48.2 Å². The first-order valence-electron chi connectivity index (χ1n) is 11.1. The van der Waals surface area contributed by atoms with Crippen molar-refractivity contribution in [2.75, 3.05) is 11.9 Å².